The Kier molecular flexibility index (Phi) is 2.74. The molecule has 0 fully saturated rings. The zero-order valence-electron chi connectivity index (χ0n) is 9.16. The zero-order valence-corrected chi connectivity index (χ0v) is 9.16. The van der Waals surface area contributed by atoms with E-state index in [0.29, 0.717) is 6.42 Å². The fourth-order valence-electron chi connectivity index (χ4n) is 1.50. The van der Waals surface area contributed by atoms with Gasteiger partial charge in [0.15, 0.2) is 5.79 Å². The van der Waals surface area contributed by atoms with E-state index in [1.165, 1.54) is 19.3 Å². The molecule has 0 aliphatic heterocycles. The first-order chi connectivity index (χ1) is 6.28. The average Bonchev–Trinajstić information content (AvgIpc) is 2.08. The number of allylic oxidation sites excluding steroid dienone is 1. The zero-order chi connectivity index (χ0) is 11.0. The second-order valence-electron chi connectivity index (χ2n) is 4.67. The van der Waals surface area contributed by atoms with E-state index in [4.69, 9.17) is 4.74 Å². The van der Waals surface area contributed by atoms with Crippen molar-refractivity contribution in [1.29, 1.82) is 0 Å². The highest BCUT2D eigenvalue weighted by Crippen LogP contribution is 2.37. The molecule has 0 bridgehead atoms. The van der Waals surface area contributed by atoms with Gasteiger partial charge in [-0.05, 0) is 23.1 Å². The molecule has 0 radical (unpaired) electrons. The van der Waals surface area contributed by atoms with Gasteiger partial charge in [-0.3, -0.25) is 0 Å². The fourth-order valence-corrected chi connectivity index (χ4v) is 1.50. The predicted octanol–water partition coefficient (Wildman–Crippen LogP) is 2.14. The molecule has 1 aliphatic rings. The van der Waals surface area contributed by atoms with Crippen LogP contribution in [0.15, 0.2) is 23.5 Å². The van der Waals surface area contributed by atoms with Gasteiger partial charge in [-0.2, -0.15) is 0 Å². The van der Waals surface area contributed by atoms with Gasteiger partial charge in [0, 0.05) is 13.5 Å². The van der Waals surface area contributed by atoms with Crippen LogP contribution in [0.5, 0.6) is 0 Å². The number of hydrogen-bond acceptors (Lipinski definition) is 3. The van der Waals surface area contributed by atoms with E-state index in [-0.39, 0.29) is 11.2 Å². The molecule has 1 aliphatic carbocycles. The second-order valence-corrected chi connectivity index (χ2v) is 4.67. The summed E-state index contributed by atoms with van der Waals surface area (Å²) in [4.78, 5) is 0. The number of aliphatic hydroxyl groups is 2. The smallest absolute Gasteiger partial charge is 0.189 e. The van der Waals surface area contributed by atoms with E-state index in [1.807, 2.05) is 20.8 Å². The molecule has 1 atom stereocenters. The lowest BCUT2D eigenvalue weighted by molar-refractivity contribution is -0.148. The molecule has 3 nitrogen and oxygen atoms in total. The van der Waals surface area contributed by atoms with Crippen molar-refractivity contribution in [3.8, 4) is 0 Å². The standard InChI is InChI=1S/C11H18O3/c1-10(2,3)8-7-11(13,14-4)6-5-9(8)12/h5-6,12-13H,7H2,1-4H3. The molecule has 0 aromatic rings. The highest BCUT2D eigenvalue weighted by Gasteiger charge is 2.34. The molecule has 0 saturated heterocycles. The monoisotopic (exact) mass is 198 g/mol. The Bertz CT molecular complexity index is 283. The van der Waals surface area contributed by atoms with Crippen LogP contribution in [0.25, 0.3) is 0 Å². The van der Waals surface area contributed by atoms with Crippen LogP contribution in [0.1, 0.15) is 27.2 Å². The minimum Gasteiger partial charge on any atom is -0.508 e. The second kappa shape index (κ2) is 3.41. The third kappa shape index (κ3) is 2.16. The summed E-state index contributed by atoms with van der Waals surface area (Å²) in [6, 6.07) is 0. The Morgan fingerprint density at radius 1 is 1.43 bits per heavy atom. The summed E-state index contributed by atoms with van der Waals surface area (Å²) >= 11 is 0. The molecule has 0 saturated carbocycles. The van der Waals surface area contributed by atoms with Crippen molar-refractivity contribution in [3.63, 3.8) is 0 Å². The van der Waals surface area contributed by atoms with E-state index in [1.54, 1.807) is 0 Å². The van der Waals surface area contributed by atoms with Crippen LogP contribution in [0.4, 0.5) is 0 Å². The number of methoxy groups -OCH3 is 1. The van der Waals surface area contributed by atoms with Crippen LogP contribution < -0.4 is 0 Å². The van der Waals surface area contributed by atoms with Crippen LogP contribution >= 0.6 is 0 Å². The van der Waals surface area contributed by atoms with Crippen LogP contribution in [0.3, 0.4) is 0 Å². The lowest BCUT2D eigenvalue weighted by Crippen LogP contribution is -2.34. The summed E-state index contributed by atoms with van der Waals surface area (Å²) in [5.74, 6) is -1.03. The van der Waals surface area contributed by atoms with Gasteiger partial charge < -0.3 is 14.9 Å². The van der Waals surface area contributed by atoms with Crippen molar-refractivity contribution in [3.05, 3.63) is 23.5 Å². The van der Waals surface area contributed by atoms with Crippen molar-refractivity contribution >= 4 is 0 Å². The summed E-state index contributed by atoms with van der Waals surface area (Å²) < 4.78 is 4.98. The van der Waals surface area contributed by atoms with Crippen molar-refractivity contribution in [2.75, 3.05) is 7.11 Å². The minimum absolute atomic E-state index is 0.165. The predicted molar refractivity (Wildman–Crippen MR) is 54.8 cm³/mol. The highest BCUT2D eigenvalue weighted by atomic mass is 16.6. The summed E-state index contributed by atoms with van der Waals surface area (Å²) in [6.45, 7) is 5.98. The highest BCUT2D eigenvalue weighted by molar-refractivity contribution is 5.31. The summed E-state index contributed by atoms with van der Waals surface area (Å²) in [5, 5.41) is 19.5. The Hall–Kier alpha value is -0.800. The molecule has 1 unspecified atom stereocenters. The van der Waals surface area contributed by atoms with Gasteiger partial charge in [0.1, 0.15) is 5.76 Å². The number of aliphatic hydroxyl groups excluding tert-OH is 1. The third-order valence-corrected chi connectivity index (χ3v) is 2.50. The molecule has 0 amide bonds. The Balaban J connectivity index is 3.01. The van der Waals surface area contributed by atoms with Crippen LogP contribution in [0, 0.1) is 5.41 Å². The first-order valence-electron chi connectivity index (χ1n) is 4.68. The Morgan fingerprint density at radius 2 is 2.00 bits per heavy atom. The topological polar surface area (TPSA) is 49.7 Å². The van der Waals surface area contributed by atoms with Crippen LogP contribution in [-0.2, 0) is 4.74 Å². The van der Waals surface area contributed by atoms with Crippen molar-refractivity contribution < 1.29 is 14.9 Å². The van der Waals surface area contributed by atoms with Gasteiger partial charge >= 0.3 is 0 Å². The molecule has 80 valence electrons. The first-order valence-corrected chi connectivity index (χ1v) is 4.68. The van der Waals surface area contributed by atoms with Gasteiger partial charge in [0.25, 0.3) is 0 Å². The summed E-state index contributed by atoms with van der Waals surface area (Å²) in [7, 11) is 1.45. The average molecular weight is 198 g/mol. The van der Waals surface area contributed by atoms with Crippen molar-refractivity contribution in [2.45, 2.75) is 33.0 Å². The number of ether oxygens (including phenoxy) is 1. The van der Waals surface area contributed by atoms with E-state index in [9.17, 15) is 10.2 Å². The maximum atomic E-state index is 9.88. The van der Waals surface area contributed by atoms with Crippen LogP contribution in [-0.4, -0.2) is 23.1 Å². The van der Waals surface area contributed by atoms with Gasteiger partial charge in [-0.25, -0.2) is 0 Å². The molecular weight excluding hydrogens is 180 g/mol. The SMILES string of the molecule is COC1(O)C=CC(O)=C(C(C)(C)C)C1. The molecule has 1 rings (SSSR count). The maximum absolute atomic E-state index is 9.88. The maximum Gasteiger partial charge on any atom is 0.189 e. The van der Waals surface area contributed by atoms with Crippen LogP contribution in [0.2, 0.25) is 0 Å². The summed E-state index contributed by atoms with van der Waals surface area (Å²) in [5.41, 5.74) is 0.644. The normalized spacial score (nSPS) is 28.4. The largest absolute Gasteiger partial charge is 0.508 e. The van der Waals surface area contributed by atoms with Gasteiger partial charge in [0.05, 0.1) is 0 Å². The minimum atomic E-state index is -1.27. The lowest BCUT2D eigenvalue weighted by atomic mass is 9.79. The van der Waals surface area contributed by atoms with Gasteiger partial charge in [-0.1, -0.05) is 20.8 Å². The molecule has 14 heavy (non-hydrogen) atoms. The van der Waals surface area contributed by atoms with Gasteiger partial charge in [-0.15, -0.1) is 0 Å². The van der Waals surface area contributed by atoms with E-state index in [0.717, 1.165) is 5.57 Å². The molecule has 0 spiro atoms. The molecule has 0 heterocycles. The van der Waals surface area contributed by atoms with Crippen molar-refractivity contribution in [1.82, 2.24) is 0 Å². The van der Waals surface area contributed by atoms with Crippen molar-refractivity contribution in [2.24, 2.45) is 5.41 Å². The fraction of sp³-hybridized carbons (Fsp3) is 0.636. The third-order valence-electron chi connectivity index (χ3n) is 2.50. The molecule has 2 N–H and O–H groups in total. The summed E-state index contributed by atoms with van der Waals surface area (Å²) in [6.07, 6.45) is 3.28. The number of rotatable bonds is 1. The quantitative estimate of drug-likeness (QED) is 0.635. The molecule has 3 heteroatoms. The van der Waals surface area contributed by atoms with E-state index < -0.39 is 5.79 Å². The van der Waals surface area contributed by atoms with E-state index >= 15 is 0 Å². The molecule has 0 aromatic heterocycles. The Labute approximate surface area is 84.7 Å². The lowest BCUT2D eigenvalue weighted by Gasteiger charge is -2.33. The first kappa shape index (κ1) is 11.3. The van der Waals surface area contributed by atoms with E-state index in [2.05, 4.69) is 0 Å². The van der Waals surface area contributed by atoms with Gasteiger partial charge in [0.2, 0.25) is 0 Å². The molecule has 0 aromatic carbocycles. The molecular formula is C11H18O3. The Morgan fingerprint density at radius 3 is 2.43 bits per heavy atom. The number of hydrogen-bond donors (Lipinski definition) is 2.